The number of rotatable bonds is 2. The van der Waals surface area contributed by atoms with Crippen LogP contribution in [0, 0.1) is 0 Å². The molecule has 1 saturated carbocycles. The van der Waals surface area contributed by atoms with Gasteiger partial charge in [-0.3, -0.25) is 4.79 Å². The highest BCUT2D eigenvalue weighted by Gasteiger charge is 2.38. The van der Waals surface area contributed by atoms with Crippen LogP contribution in [0.3, 0.4) is 0 Å². The molecule has 0 spiro atoms. The summed E-state index contributed by atoms with van der Waals surface area (Å²) < 4.78 is -0.319. The zero-order valence-electron chi connectivity index (χ0n) is 8.30. The Morgan fingerprint density at radius 3 is 2.27 bits per heavy atom. The van der Waals surface area contributed by atoms with E-state index in [1.54, 1.807) is 24.3 Å². The second-order valence-corrected chi connectivity index (χ2v) is 5.96. The maximum atomic E-state index is 12.2. The average Bonchev–Trinajstić information content (AvgIpc) is 2.67. The van der Waals surface area contributed by atoms with E-state index in [-0.39, 0.29) is 10.1 Å². The maximum Gasteiger partial charge on any atom is 0.179 e. The molecule has 0 saturated heterocycles. The fourth-order valence-electron chi connectivity index (χ4n) is 2.02. The van der Waals surface area contributed by atoms with E-state index in [9.17, 15) is 4.79 Å². The zero-order valence-corrected chi connectivity index (χ0v) is 10.6. The summed E-state index contributed by atoms with van der Waals surface area (Å²) in [5.41, 5.74) is 0.748. The average molecular weight is 288 g/mol. The van der Waals surface area contributed by atoms with Gasteiger partial charge in [0.2, 0.25) is 0 Å². The molecule has 0 N–H and O–H groups in total. The van der Waals surface area contributed by atoms with Gasteiger partial charge in [0.25, 0.3) is 0 Å². The van der Waals surface area contributed by atoms with Gasteiger partial charge in [-0.05, 0) is 37.1 Å². The summed E-state index contributed by atoms with van der Waals surface area (Å²) >= 11 is 9.37. The molecule has 80 valence electrons. The van der Waals surface area contributed by atoms with Gasteiger partial charge in [0.1, 0.15) is 0 Å². The van der Waals surface area contributed by atoms with Crippen LogP contribution < -0.4 is 0 Å². The summed E-state index contributed by atoms with van der Waals surface area (Å²) in [6, 6.07) is 7.12. The lowest BCUT2D eigenvalue weighted by atomic mass is 9.96. The minimum absolute atomic E-state index is 0.191. The van der Waals surface area contributed by atoms with Crippen molar-refractivity contribution in [3.63, 3.8) is 0 Å². The molecule has 0 unspecified atom stereocenters. The Hall–Kier alpha value is -0.340. The van der Waals surface area contributed by atoms with Crippen LogP contribution in [0.15, 0.2) is 24.3 Å². The van der Waals surface area contributed by atoms with Crippen LogP contribution in [-0.2, 0) is 0 Å². The summed E-state index contributed by atoms with van der Waals surface area (Å²) in [7, 11) is 0. The summed E-state index contributed by atoms with van der Waals surface area (Å²) in [6.07, 6.45) is 4.14. The highest BCUT2D eigenvalue weighted by molar-refractivity contribution is 9.10. The third-order valence-corrected chi connectivity index (χ3v) is 4.31. The second-order valence-electron chi connectivity index (χ2n) is 4.01. The van der Waals surface area contributed by atoms with Crippen molar-refractivity contribution in [1.29, 1.82) is 0 Å². The Morgan fingerprint density at radius 2 is 1.73 bits per heavy atom. The van der Waals surface area contributed by atoms with Gasteiger partial charge >= 0.3 is 0 Å². The van der Waals surface area contributed by atoms with E-state index in [1.165, 1.54) is 0 Å². The Kier molecular flexibility index (Phi) is 3.17. The molecule has 1 aromatic rings. The van der Waals surface area contributed by atoms with E-state index < -0.39 is 0 Å². The molecular formula is C12H12BrClO. The van der Waals surface area contributed by atoms with Gasteiger partial charge in [-0.1, -0.05) is 40.4 Å². The minimum atomic E-state index is -0.319. The largest absolute Gasteiger partial charge is 0.293 e. The molecule has 1 aromatic carbocycles. The van der Waals surface area contributed by atoms with Gasteiger partial charge in [0.05, 0.1) is 4.32 Å². The van der Waals surface area contributed by atoms with Gasteiger partial charge in [0, 0.05) is 10.6 Å². The smallest absolute Gasteiger partial charge is 0.179 e. The number of benzene rings is 1. The van der Waals surface area contributed by atoms with Gasteiger partial charge in [-0.15, -0.1) is 0 Å². The zero-order chi connectivity index (χ0) is 10.9. The van der Waals surface area contributed by atoms with Crippen LogP contribution in [0.25, 0.3) is 0 Å². The van der Waals surface area contributed by atoms with Crippen LogP contribution in [0.4, 0.5) is 0 Å². The Morgan fingerprint density at radius 1 is 1.20 bits per heavy atom. The van der Waals surface area contributed by atoms with Crippen molar-refractivity contribution < 1.29 is 4.79 Å². The number of alkyl halides is 1. The molecule has 0 bridgehead atoms. The first kappa shape index (κ1) is 11.2. The highest BCUT2D eigenvalue weighted by atomic mass is 79.9. The highest BCUT2D eigenvalue weighted by Crippen LogP contribution is 2.40. The molecule has 0 aromatic heterocycles. The fourth-order valence-corrected chi connectivity index (χ4v) is 2.94. The van der Waals surface area contributed by atoms with Crippen molar-refractivity contribution in [2.24, 2.45) is 0 Å². The molecule has 2 rings (SSSR count). The predicted molar refractivity (Wildman–Crippen MR) is 65.9 cm³/mol. The van der Waals surface area contributed by atoms with E-state index in [4.69, 9.17) is 11.6 Å². The van der Waals surface area contributed by atoms with Crippen molar-refractivity contribution in [2.45, 2.75) is 30.0 Å². The van der Waals surface area contributed by atoms with E-state index >= 15 is 0 Å². The van der Waals surface area contributed by atoms with E-state index in [2.05, 4.69) is 15.9 Å². The Bertz CT molecular complexity index is 366. The first-order valence-corrected chi connectivity index (χ1v) is 6.28. The van der Waals surface area contributed by atoms with Gasteiger partial charge in [0.15, 0.2) is 5.78 Å². The summed E-state index contributed by atoms with van der Waals surface area (Å²) in [4.78, 5) is 12.2. The van der Waals surface area contributed by atoms with Crippen molar-refractivity contribution >= 4 is 33.3 Å². The molecule has 1 aliphatic carbocycles. The SMILES string of the molecule is O=C(c1ccc(Cl)cc1)C1(Br)CCCC1. The van der Waals surface area contributed by atoms with Crippen LogP contribution in [0.1, 0.15) is 36.0 Å². The molecule has 0 atom stereocenters. The predicted octanol–water partition coefficient (Wildman–Crippen LogP) is 4.23. The van der Waals surface area contributed by atoms with Crippen molar-refractivity contribution in [2.75, 3.05) is 0 Å². The van der Waals surface area contributed by atoms with Gasteiger partial charge in [-0.2, -0.15) is 0 Å². The van der Waals surface area contributed by atoms with E-state index in [0.29, 0.717) is 5.02 Å². The second kappa shape index (κ2) is 4.26. The molecular weight excluding hydrogens is 275 g/mol. The topological polar surface area (TPSA) is 17.1 Å². The quantitative estimate of drug-likeness (QED) is 0.587. The monoisotopic (exact) mass is 286 g/mol. The Labute approximate surface area is 103 Å². The summed E-state index contributed by atoms with van der Waals surface area (Å²) in [6.45, 7) is 0. The molecule has 0 radical (unpaired) electrons. The van der Waals surface area contributed by atoms with Crippen LogP contribution in [0.2, 0.25) is 5.02 Å². The molecule has 1 aliphatic rings. The normalized spacial score (nSPS) is 19.1. The lowest BCUT2D eigenvalue weighted by Crippen LogP contribution is -2.28. The first-order valence-electron chi connectivity index (χ1n) is 5.11. The third-order valence-electron chi connectivity index (χ3n) is 2.91. The van der Waals surface area contributed by atoms with Gasteiger partial charge in [-0.25, -0.2) is 0 Å². The lowest BCUT2D eigenvalue weighted by Gasteiger charge is -2.19. The number of halogens is 2. The summed E-state index contributed by atoms with van der Waals surface area (Å²) in [5, 5.41) is 0.668. The third kappa shape index (κ3) is 2.26. The molecule has 3 heteroatoms. The Balaban J connectivity index is 2.24. The number of ketones is 1. The van der Waals surface area contributed by atoms with Crippen molar-refractivity contribution in [3.8, 4) is 0 Å². The van der Waals surface area contributed by atoms with Crippen LogP contribution in [0.5, 0.6) is 0 Å². The van der Waals surface area contributed by atoms with E-state index in [1.807, 2.05) is 0 Å². The van der Waals surface area contributed by atoms with Gasteiger partial charge < -0.3 is 0 Å². The molecule has 0 amide bonds. The molecule has 1 nitrogen and oxygen atoms in total. The lowest BCUT2D eigenvalue weighted by molar-refractivity contribution is 0.0948. The number of carbonyl (C=O) groups excluding carboxylic acids is 1. The number of carbonyl (C=O) groups is 1. The number of Topliss-reactive ketones (excluding diaryl/α,β-unsaturated/α-hetero) is 1. The molecule has 0 heterocycles. The van der Waals surface area contributed by atoms with Crippen LogP contribution in [-0.4, -0.2) is 10.1 Å². The van der Waals surface area contributed by atoms with Crippen molar-refractivity contribution in [3.05, 3.63) is 34.9 Å². The van der Waals surface area contributed by atoms with Crippen molar-refractivity contribution in [1.82, 2.24) is 0 Å². The fraction of sp³-hybridized carbons (Fsp3) is 0.417. The number of hydrogen-bond acceptors (Lipinski definition) is 1. The van der Waals surface area contributed by atoms with Crippen LogP contribution >= 0.6 is 27.5 Å². The molecule has 15 heavy (non-hydrogen) atoms. The van der Waals surface area contributed by atoms with E-state index in [0.717, 1.165) is 31.2 Å². The molecule has 0 aliphatic heterocycles. The molecule has 1 fully saturated rings. The first-order chi connectivity index (χ1) is 7.12. The number of hydrogen-bond donors (Lipinski definition) is 0. The minimum Gasteiger partial charge on any atom is -0.293 e. The summed E-state index contributed by atoms with van der Waals surface area (Å²) in [5.74, 6) is 0.191. The standard InChI is InChI=1S/C12H12BrClO/c13-12(7-1-2-8-12)11(15)9-3-5-10(14)6-4-9/h3-6H,1-2,7-8H2. The maximum absolute atomic E-state index is 12.2.